The van der Waals surface area contributed by atoms with E-state index in [9.17, 15) is 4.79 Å². The summed E-state index contributed by atoms with van der Waals surface area (Å²) >= 11 is 0. The fraction of sp³-hybridized carbons (Fsp3) is 0.448. The maximum Gasteiger partial charge on any atom is 0.251 e. The zero-order valence-corrected chi connectivity index (χ0v) is 22.0. The highest BCUT2D eigenvalue weighted by atomic mass is 16.1. The number of imidazole rings is 1. The Kier molecular flexibility index (Phi) is 6.98. The van der Waals surface area contributed by atoms with Gasteiger partial charge in [0.25, 0.3) is 5.91 Å². The van der Waals surface area contributed by atoms with Crippen LogP contribution in [0.1, 0.15) is 67.3 Å². The minimum Gasteiger partial charge on any atom is -0.370 e. The van der Waals surface area contributed by atoms with E-state index in [1.165, 1.54) is 32.1 Å². The molecule has 198 valence electrons. The van der Waals surface area contributed by atoms with Crippen molar-refractivity contribution in [2.45, 2.75) is 76.9 Å². The van der Waals surface area contributed by atoms with Gasteiger partial charge >= 0.3 is 0 Å². The van der Waals surface area contributed by atoms with Crippen molar-refractivity contribution in [1.29, 1.82) is 0 Å². The van der Waals surface area contributed by atoms with Crippen LogP contribution in [0, 0.1) is 6.92 Å². The molecule has 38 heavy (non-hydrogen) atoms. The molecule has 2 fully saturated rings. The molecule has 0 saturated heterocycles. The Labute approximate surface area is 223 Å². The van der Waals surface area contributed by atoms with Gasteiger partial charge in [0, 0.05) is 54.8 Å². The molecule has 0 atom stereocenters. The Morgan fingerprint density at radius 1 is 1.08 bits per heavy atom. The van der Waals surface area contributed by atoms with Gasteiger partial charge in [0.05, 0.1) is 12.5 Å². The summed E-state index contributed by atoms with van der Waals surface area (Å²) < 4.78 is 3.98. The Hall–Kier alpha value is -3.88. The average molecular weight is 513 g/mol. The van der Waals surface area contributed by atoms with E-state index in [0.717, 1.165) is 71.9 Å². The largest absolute Gasteiger partial charge is 0.370 e. The molecule has 3 N–H and O–H groups in total. The van der Waals surface area contributed by atoms with E-state index in [1.54, 1.807) is 0 Å². The van der Waals surface area contributed by atoms with Crippen molar-refractivity contribution in [3.8, 4) is 11.1 Å². The highest BCUT2D eigenvalue weighted by molar-refractivity contribution is 5.97. The summed E-state index contributed by atoms with van der Waals surface area (Å²) in [4.78, 5) is 21.8. The first-order chi connectivity index (χ1) is 18.6. The second-order valence-electron chi connectivity index (χ2n) is 10.7. The lowest BCUT2D eigenvalue weighted by Gasteiger charge is -2.23. The highest BCUT2D eigenvalue weighted by Crippen LogP contribution is 2.30. The molecule has 0 unspecified atom stereocenters. The van der Waals surface area contributed by atoms with Crippen LogP contribution in [0.25, 0.3) is 16.8 Å². The number of rotatable bonds is 10. The molecule has 6 rings (SSSR count). The predicted octanol–water partition coefficient (Wildman–Crippen LogP) is 5.04. The van der Waals surface area contributed by atoms with Crippen molar-refractivity contribution >= 4 is 23.2 Å². The summed E-state index contributed by atoms with van der Waals surface area (Å²) in [6.45, 7) is 3.70. The van der Waals surface area contributed by atoms with Crippen LogP contribution >= 0.6 is 0 Å². The number of amides is 1. The van der Waals surface area contributed by atoms with E-state index in [1.807, 2.05) is 48.5 Å². The molecule has 0 aliphatic heterocycles. The number of aryl methyl sites for hydroxylation is 2. The molecule has 0 spiro atoms. The van der Waals surface area contributed by atoms with E-state index in [2.05, 4.69) is 37.6 Å². The number of aromatic nitrogens is 5. The molecule has 9 nitrogen and oxygen atoms in total. The Balaban J connectivity index is 1.27. The quantitative estimate of drug-likeness (QED) is 0.257. The van der Waals surface area contributed by atoms with Crippen LogP contribution in [0.2, 0.25) is 0 Å². The first kappa shape index (κ1) is 24.5. The number of anilines is 2. The summed E-state index contributed by atoms with van der Waals surface area (Å²) in [7, 11) is 0. The van der Waals surface area contributed by atoms with Gasteiger partial charge in [-0.3, -0.25) is 4.79 Å². The molecule has 3 heterocycles. The number of nitrogens with zero attached hydrogens (tertiary/aromatic N) is 5. The van der Waals surface area contributed by atoms with Crippen molar-refractivity contribution < 1.29 is 4.79 Å². The lowest BCUT2D eigenvalue weighted by Crippen LogP contribution is -2.26. The molecule has 2 saturated carbocycles. The van der Waals surface area contributed by atoms with Crippen LogP contribution in [0.4, 0.5) is 11.6 Å². The van der Waals surface area contributed by atoms with Gasteiger partial charge in [-0.25, -0.2) is 9.97 Å². The van der Waals surface area contributed by atoms with Crippen molar-refractivity contribution in [2.24, 2.45) is 0 Å². The molecule has 2 aliphatic rings. The molecular weight excluding hydrogens is 476 g/mol. The zero-order chi connectivity index (χ0) is 25.9. The van der Waals surface area contributed by atoms with Crippen LogP contribution < -0.4 is 16.0 Å². The van der Waals surface area contributed by atoms with Gasteiger partial charge in [-0.05, 0) is 56.2 Å². The summed E-state index contributed by atoms with van der Waals surface area (Å²) in [6, 6.07) is 8.86. The molecule has 0 radical (unpaired) electrons. The van der Waals surface area contributed by atoms with Gasteiger partial charge < -0.3 is 20.5 Å². The molecule has 0 bridgehead atoms. The molecule has 3 aromatic heterocycles. The maximum atomic E-state index is 12.6. The monoisotopic (exact) mass is 512 g/mol. The van der Waals surface area contributed by atoms with E-state index < -0.39 is 0 Å². The number of nitrogens with one attached hydrogen (secondary N) is 3. The van der Waals surface area contributed by atoms with E-state index in [0.29, 0.717) is 12.1 Å². The third-order valence-electron chi connectivity index (χ3n) is 7.58. The molecule has 1 amide bonds. The topological polar surface area (TPSA) is 101 Å². The third-order valence-corrected chi connectivity index (χ3v) is 7.58. The lowest BCUT2D eigenvalue weighted by molar-refractivity contribution is 0.0950. The second kappa shape index (κ2) is 10.8. The lowest BCUT2D eigenvalue weighted by atomic mass is 9.95. The van der Waals surface area contributed by atoms with Crippen LogP contribution in [0.15, 0.2) is 49.2 Å². The minimum absolute atomic E-state index is 0.00989. The summed E-state index contributed by atoms with van der Waals surface area (Å²) in [5, 5.41) is 15.1. The SMILES string of the molecule is Cc1cc(-c2cnn3c(NCCCn4ccnc4)cc(NC4CCCCC4)nc23)ccc1C(=O)NC1CC1. The predicted molar refractivity (Wildman–Crippen MR) is 149 cm³/mol. The van der Waals surface area contributed by atoms with Gasteiger partial charge in [0.2, 0.25) is 0 Å². The zero-order valence-electron chi connectivity index (χ0n) is 22.0. The standard InChI is InChI=1S/C29H36N8O/c1-20-16-21(8-11-24(20)29(38)34-23-9-10-23)25-18-32-37-27(31-12-5-14-36-15-13-30-19-36)17-26(35-28(25)37)33-22-6-3-2-4-7-22/h8,11,13,15-19,22-23,31H,2-7,9-10,12,14H2,1H3,(H,33,35)(H,34,38). The van der Waals surface area contributed by atoms with Gasteiger partial charge in [0.15, 0.2) is 5.65 Å². The van der Waals surface area contributed by atoms with Crippen molar-refractivity contribution in [3.05, 3.63) is 60.3 Å². The van der Waals surface area contributed by atoms with E-state index in [-0.39, 0.29) is 5.91 Å². The molecule has 2 aliphatic carbocycles. The number of fused-ring (bicyclic) bond motifs is 1. The maximum absolute atomic E-state index is 12.6. The third kappa shape index (κ3) is 5.51. The summed E-state index contributed by atoms with van der Waals surface area (Å²) in [5.41, 5.74) is 4.45. The molecule has 9 heteroatoms. The van der Waals surface area contributed by atoms with Crippen LogP contribution in [0.5, 0.6) is 0 Å². The van der Waals surface area contributed by atoms with Crippen LogP contribution in [-0.4, -0.2) is 48.7 Å². The fourth-order valence-electron chi connectivity index (χ4n) is 5.30. The first-order valence-corrected chi connectivity index (χ1v) is 13.9. The second-order valence-corrected chi connectivity index (χ2v) is 10.7. The van der Waals surface area contributed by atoms with Crippen LogP contribution in [0.3, 0.4) is 0 Å². The van der Waals surface area contributed by atoms with Gasteiger partial charge in [-0.2, -0.15) is 9.61 Å². The Morgan fingerprint density at radius 3 is 2.71 bits per heavy atom. The number of carbonyl (C=O) groups excluding carboxylic acids is 1. The number of carbonyl (C=O) groups is 1. The normalized spacial score (nSPS) is 16.0. The van der Waals surface area contributed by atoms with Gasteiger partial charge in [0.1, 0.15) is 11.6 Å². The fourth-order valence-corrected chi connectivity index (χ4v) is 5.30. The highest BCUT2D eigenvalue weighted by Gasteiger charge is 2.25. The van der Waals surface area contributed by atoms with Crippen molar-refractivity contribution in [3.63, 3.8) is 0 Å². The van der Waals surface area contributed by atoms with Crippen molar-refractivity contribution in [2.75, 3.05) is 17.2 Å². The first-order valence-electron chi connectivity index (χ1n) is 13.9. The van der Waals surface area contributed by atoms with E-state index in [4.69, 9.17) is 10.1 Å². The Morgan fingerprint density at radius 2 is 1.95 bits per heavy atom. The summed E-state index contributed by atoms with van der Waals surface area (Å²) in [5.74, 6) is 1.80. The number of benzene rings is 1. The Bertz CT molecular complexity index is 1400. The van der Waals surface area contributed by atoms with Gasteiger partial charge in [-0.1, -0.05) is 31.4 Å². The molecule has 1 aromatic carbocycles. The number of hydrogen-bond donors (Lipinski definition) is 3. The van der Waals surface area contributed by atoms with Crippen molar-refractivity contribution in [1.82, 2.24) is 29.5 Å². The van der Waals surface area contributed by atoms with Gasteiger partial charge in [-0.15, -0.1) is 0 Å². The summed E-state index contributed by atoms with van der Waals surface area (Å²) in [6.07, 6.45) is 16.8. The number of hydrogen-bond acceptors (Lipinski definition) is 6. The smallest absolute Gasteiger partial charge is 0.251 e. The average Bonchev–Trinajstić information content (AvgIpc) is 3.39. The minimum atomic E-state index is 0.00989. The molecular formula is C29H36N8O. The molecule has 4 aromatic rings. The van der Waals surface area contributed by atoms with E-state index >= 15 is 0 Å². The van der Waals surface area contributed by atoms with Crippen LogP contribution in [-0.2, 0) is 6.54 Å².